The third-order valence-corrected chi connectivity index (χ3v) is 5.05. The van der Waals surface area contributed by atoms with Crippen molar-refractivity contribution in [3.63, 3.8) is 0 Å². The van der Waals surface area contributed by atoms with Gasteiger partial charge in [0.15, 0.2) is 9.84 Å². The molecule has 0 radical (unpaired) electrons. The lowest BCUT2D eigenvalue weighted by molar-refractivity contribution is -0.121. The zero-order valence-corrected chi connectivity index (χ0v) is 15.3. The molecular weight excluding hydrogens is 356 g/mol. The van der Waals surface area contributed by atoms with Crippen LogP contribution < -0.4 is 10.6 Å². The Morgan fingerprint density at radius 3 is 2.38 bits per heavy atom. The predicted octanol–water partition coefficient (Wildman–Crippen LogP) is 1.09. The number of esters is 1. The van der Waals surface area contributed by atoms with Crippen LogP contribution in [0.15, 0.2) is 23.1 Å². The molecule has 0 spiro atoms. The lowest BCUT2D eigenvalue weighted by Crippen LogP contribution is -2.48. The molecular formula is C15H21ClN2O5S. The summed E-state index contributed by atoms with van der Waals surface area (Å²) in [6.45, 7) is 3.39. The van der Waals surface area contributed by atoms with Gasteiger partial charge in [0, 0.05) is 17.9 Å². The number of halogens is 1. The molecule has 2 rings (SSSR count). The normalized spacial score (nSPS) is 15.6. The molecule has 1 aliphatic rings. The van der Waals surface area contributed by atoms with E-state index >= 15 is 0 Å². The van der Waals surface area contributed by atoms with Crippen LogP contribution in [-0.4, -0.2) is 46.7 Å². The minimum Gasteiger partial charge on any atom is -0.465 e. The Morgan fingerprint density at radius 1 is 1.29 bits per heavy atom. The van der Waals surface area contributed by atoms with Gasteiger partial charge in [0.25, 0.3) is 0 Å². The summed E-state index contributed by atoms with van der Waals surface area (Å²) in [5.41, 5.74) is 0.334. The zero-order chi connectivity index (χ0) is 17.2. The Morgan fingerprint density at radius 2 is 1.92 bits per heavy atom. The first-order valence-electron chi connectivity index (χ1n) is 7.17. The summed E-state index contributed by atoms with van der Waals surface area (Å²) in [4.78, 5) is 23.9. The van der Waals surface area contributed by atoms with Gasteiger partial charge in [-0.05, 0) is 37.2 Å². The Bertz CT molecular complexity index is 731. The van der Waals surface area contributed by atoms with E-state index in [1.165, 1.54) is 25.3 Å². The summed E-state index contributed by atoms with van der Waals surface area (Å²) in [5.74, 6) is -0.826. The third kappa shape index (κ3) is 4.68. The Balaban J connectivity index is 0.00000288. The van der Waals surface area contributed by atoms with Crippen molar-refractivity contribution in [3.8, 4) is 0 Å². The molecule has 0 aromatic heterocycles. The molecule has 1 fully saturated rings. The highest BCUT2D eigenvalue weighted by Crippen LogP contribution is 2.22. The van der Waals surface area contributed by atoms with E-state index in [9.17, 15) is 18.0 Å². The van der Waals surface area contributed by atoms with E-state index in [0.29, 0.717) is 0 Å². The van der Waals surface area contributed by atoms with Crippen molar-refractivity contribution in [2.24, 2.45) is 11.8 Å². The van der Waals surface area contributed by atoms with E-state index < -0.39 is 15.8 Å². The van der Waals surface area contributed by atoms with Crippen LogP contribution in [-0.2, 0) is 19.4 Å². The Kier molecular flexibility index (Phi) is 6.76. The van der Waals surface area contributed by atoms with E-state index in [4.69, 9.17) is 0 Å². The van der Waals surface area contributed by atoms with Gasteiger partial charge in [-0.15, -0.1) is 12.4 Å². The molecule has 1 atom stereocenters. The second kappa shape index (κ2) is 7.96. The number of carbonyl (C=O) groups is 2. The Hall–Kier alpha value is -1.64. The maximum Gasteiger partial charge on any atom is 0.337 e. The molecule has 0 aliphatic carbocycles. The number of amides is 1. The molecule has 1 amide bonds. The van der Waals surface area contributed by atoms with Crippen LogP contribution in [0.1, 0.15) is 17.3 Å². The SMILES string of the molecule is COC(=O)c1cc(NC(=O)C(C)C2CNC2)cc(S(C)(=O)=O)c1.Cl. The van der Waals surface area contributed by atoms with Crippen molar-refractivity contribution in [2.75, 3.05) is 31.8 Å². The molecule has 0 bridgehead atoms. The van der Waals surface area contributed by atoms with Crippen LogP contribution in [0.2, 0.25) is 0 Å². The number of carbonyl (C=O) groups excluding carboxylic acids is 2. The molecule has 1 aromatic rings. The third-order valence-electron chi connectivity index (χ3n) is 3.96. The van der Waals surface area contributed by atoms with Crippen molar-refractivity contribution < 1.29 is 22.7 Å². The maximum absolute atomic E-state index is 12.3. The lowest BCUT2D eigenvalue weighted by atomic mass is 9.88. The topological polar surface area (TPSA) is 102 Å². The highest BCUT2D eigenvalue weighted by Gasteiger charge is 2.29. The minimum atomic E-state index is -3.52. The average Bonchev–Trinajstić information content (AvgIpc) is 2.43. The fourth-order valence-corrected chi connectivity index (χ4v) is 2.94. The minimum absolute atomic E-state index is 0. The lowest BCUT2D eigenvalue weighted by Gasteiger charge is -2.31. The molecule has 2 N–H and O–H groups in total. The zero-order valence-electron chi connectivity index (χ0n) is 13.7. The molecule has 1 aromatic carbocycles. The highest BCUT2D eigenvalue weighted by molar-refractivity contribution is 7.90. The van der Waals surface area contributed by atoms with Crippen LogP contribution in [0.5, 0.6) is 0 Å². The number of sulfone groups is 1. The van der Waals surface area contributed by atoms with Gasteiger partial charge in [-0.2, -0.15) is 0 Å². The van der Waals surface area contributed by atoms with Crippen molar-refractivity contribution >= 4 is 39.8 Å². The maximum atomic E-state index is 12.3. The highest BCUT2D eigenvalue weighted by atomic mass is 35.5. The second-order valence-electron chi connectivity index (χ2n) is 5.71. The summed E-state index contributed by atoms with van der Waals surface area (Å²) in [6, 6.07) is 3.98. The summed E-state index contributed by atoms with van der Waals surface area (Å²) in [7, 11) is -2.32. The van der Waals surface area contributed by atoms with Crippen LogP contribution in [0.25, 0.3) is 0 Å². The first-order chi connectivity index (χ1) is 10.7. The van der Waals surface area contributed by atoms with Gasteiger partial charge in [0.1, 0.15) is 0 Å². The number of anilines is 1. The number of nitrogens with one attached hydrogen (secondary N) is 2. The van der Waals surface area contributed by atoms with E-state index in [2.05, 4.69) is 15.4 Å². The first kappa shape index (κ1) is 20.4. The van der Waals surface area contributed by atoms with Crippen molar-refractivity contribution in [2.45, 2.75) is 11.8 Å². The van der Waals surface area contributed by atoms with E-state index in [1.54, 1.807) is 0 Å². The van der Waals surface area contributed by atoms with Crippen LogP contribution >= 0.6 is 12.4 Å². The van der Waals surface area contributed by atoms with Crippen LogP contribution in [0, 0.1) is 11.8 Å². The number of benzene rings is 1. The largest absolute Gasteiger partial charge is 0.465 e. The summed E-state index contributed by atoms with van der Waals surface area (Å²) >= 11 is 0. The second-order valence-corrected chi connectivity index (χ2v) is 7.72. The summed E-state index contributed by atoms with van der Waals surface area (Å²) < 4.78 is 28.1. The van der Waals surface area contributed by atoms with Crippen molar-refractivity contribution in [1.82, 2.24) is 5.32 Å². The molecule has 1 heterocycles. The van der Waals surface area contributed by atoms with Gasteiger partial charge in [-0.3, -0.25) is 4.79 Å². The Labute approximate surface area is 147 Å². The van der Waals surface area contributed by atoms with E-state index in [1.807, 2.05) is 6.92 Å². The number of hydrogen-bond donors (Lipinski definition) is 2. The van der Waals surface area contributed by atoms with E-state index in [-0.39, 0.29) is 46.3 Å². The summed E-state index contributed by atoms with van der Waals surface area (Å²) in [5, 5.41) is 5.78. The first-order valence-corrected chi connectivity index (χ1v) is 9.06. The number of rotatable bonds is 5. The predicted molar refractivity (Wildman–Crippen MR) is 92.3 cm³/mol. The van der Waals surface area contributed by atoms with E-state index in [0.717, 1.165) is 19.3 Å². The number of ether oxygens (including phenoxy) is 1. The standard InChI is InChI=1S/C15H20N2O5S.ClH/c1-9(11-7-16-8-11)14(18)17-12-4-10(15(19)22-2)5-13(6-12)23(3,20)21;/h4-6,9,11,16H,7-8H2,1-3H3,(H,17,18);1H. The van der Waals surface area contributed by atoms with Crippen LogP contribution in [0.4, 0.5) is 5.69 Å². The monoisotopic (exact) mass is 376 g/mol. The number of hydrogen-bond acceptors (Lipinski definition) is 6. The molecule has 24 heavy (non-hydrogen) atoms. The van der Waals surface area contributed by atoms with Crippen molar-refractivity contribution in [1.29, 1.82) is 0 Å². The quantitative estimate of drug-likeness (QED) is 0.746. The van der Waals surface area contributed by atoms with Crippen LogP contribution in [0.3, 0.4) is 0 Å². The smallest absolute Gasteiger partial charge is 0.337 e. The van der Waals surface area contributed by atoms with Gasteiger partial charge in [-0.1, -0.05) is 6.92 Å². The van der Waals surface area contributed by atoms with Crippen molar-refractivity contribution in [3.05, 3.63) is 23.8 Å². The molecule has 1 aliphatic heterocycles. The molecule has 9 heteroatoms. The fourth-order valence-electron chi connectivity index (χ4n) is 2.26. The van der Waals surface area contributed by atoms with Gasteiger partial charge in [0.05, 0.1) is 17.6 Å². The molecule has 0 saturated carbocycles. The average molecular weight is 377 g/mol. The fraction of sp³-hybridized carbons (Fsp3) is 0.467. The number of methoxy groups -OCH3 is 1. The van der Waals surface area contributed by atoms with Gasteiger partial charge >= 0.3 is 5.97 Å². The van der Waals surface area contributed by atoms with Gasteiger partial charge in [-0.25, -0.2) is 13.2 Å². The van der Waals surface area contributed by atoms with Gasteiger partial charge < -0.3 is 15.4 Å². The molecule has 1 unspecified atom stereocenters. The van der Waals surface area contributed by atoms with Gasteiger partial charge in [0.2, 0.25) is 5.91 Å². The molecule has 134 valence electrons. The summed E-state index contributed by atoms with van der Waals surface area (Å²) in [6.07, 6.45) is 1.04. The molecule has 7 nitrogen and oxygen atoms in total. The molecule has 1 saturated heterocycles.